The van der Waals surface area contributed by atoms with E-state index in [4.69, 9.17) is 4.74 Å². The molecule has 1 atom stereocenters. The Hall–Kier alpha value is -4.28. The van der Waals surface area contributed by atoms with E-state index < -0.39 is 41.0 Å². The lowest BCUT2D eigenvalue weighted by Gasteiger charge is -2.41. The van der Waals surface area contributed by atoms with Gasteiger partial charge in [-0.15, -0.1) is 0 Å². The van der Waals surface area contributed by atoms with Gasteiger partial charge in [0.1, 0.15) is 5.75 Å². The van der Waals surface area contributed by atoms with Crippen LogP contribution in [0.15, 0.2) is 66.7 Å². The third-order valence-corrected chi connectivity index (χ3v) is 7.47. The molecule has 0 bridgehead atoms. The van der Waals surface area contributed by atoms with Gasteiger partial charge in [0.05, 0.1) is 24.3 Å². The first-order valence-corrected chi connectivity index (χ1v) is 13.4. The van der Waals surface area contributed by atoms with E-state index in [2.05, 4.69) is 0 Å². The van der Waals surface area contributed by atoms with E-state index in [9.17, 15) is 35.9 Å². The van der Waals surface area contributed by atoms with Gasteiger partial charge in [-0.2, -0.15) is 26.3 Å². The van der Waals surface area contributed by atoms with Crippen molar-refractivity contribution >= 4 is 17.9 Å². The van der Waals surface area contributed by atoms with Crippen molar-refractivity contribution in [2.24, 2.45) is 0 Å². The van der Waals surface area contributed by atoms with Gasteiger partial charge in [0, 0.05) is 31.3 Å². The highest BCUT2D eigenvalue weighted by molar-refractivity contribution is 5.96. The second-order valence-corrected chi connectivity index (χ2v) is 10.5. The minimum absolute atomic E-state index is 0.00486. The van der Waals surface area contributed by atoms with Crippen LogP contribution in [0.25, 0.3) is 6.08 Å². The number of amides is 2. The molecule has 0 spiro atoms. The molecule has 11 heteroatoms. The van der Waals surface area contributed by atoms with Gasteiger partial charge in [0.2, 0.25) is 5.91 Å². The average molecular weight is 605 g/mol. The van der Waals surface area contributed by atoms with Crippen molar-refractivity contribution in [3.05, 3.63) is 106 Å². The van der Waals surface area contributed by atoms with Crippen LogP contribution in [0.3, 0.4) is 0 Å². The zero-order chi connectivity index (χ0) is 31.5. The molecule has 0 radical (unpaired) electrons. The average Bonchev–Trinajstić information content (AvgIpc) is 2.96. The molecule has 3 aromatic carbocycles. The van der Waals surface area contributed by atoms with Gasteiger partial charge in [0.15, 0.2) is 0 Å². The summed E-state index contributed by atoms with van der Waals surface area (Å²) in [6, 6.07) is 12.9. The highest BCUT2D eigenvalue weighted by Crippen LogP contribution is 2.37. The normalized spacial score (nSPS) is 16.1. The van der Waals surface area contributed by atoms with Gasteiger partial charge in [0.25, 0.3) is 5.91 Å². The van der Waals surface area contributed by atoms with Crippen molar-refractivity contribution in [1.82, 2.24) is 9.80 Å². The summed E-state index contributed by atoms with van der Waals surface area (Å²) in [6.45, 7) is 3.84. The van der Waals surface area contributed by atoms with Crippen molar-refractivity contribution in [3.8, 4) is 5.75 Å². The molecule has 0 aliphatic carbocycles. The Morgan fingerprint density at radius 2 is 1.49 bits per heavy atom. The van der Waals surface area contributed by atoms with Crippen LogP contribution < -0.4 is 4.74 Å². The quantitative estimate of drug-likeness (QED) is 0.226. The lowest BCUT2D eigenvalue weighted by Crippen LogP contribution is -2.57. The maximum atomic E-state index is 13.6. The molecule has 1 aliphatic heterocycles. The van der Waals surface area contributed by atoms with Crippen LogP contribution in [0.2, 0.25) is 0 Å². The number of carbonyl (C=O) groups is 2. The number of hydrogen-bond donors (Lipinski definition) is 0. The third kappa shape index (κ3) is 7.77. The Morgan fingerprint density at radius 1 is 0.860 bits per heavy atom. The van der Waals surface area contributed by atoms with Gasteiger partial charge >= 0.3 is 12.4 Å². The number of aryl methyl sites for hydroxylation is 2. The molecule has 0 aromatic heterocycles. The van der Waals surface area contributed by atoms with Crippen molar-refractivity contribution in [1.29, 1.82) is 0 Å². The van der Waals surface area contributed by atoms with E-state index in [0.717, 1.165) is 22.3 Å². The maximum Gasteiger partial charge on any atom is 0.416 e. The number of carbonyl (C=O) groups excluding carboxylic acids is 2. The van der Waals surface area contributed by atoms with Crippen molar-refractivity contribution in [2.75, 3.05) is 26.7 Å². The Balaban J connectivity index is 1.64. The van der Waals surface area contributed by atoms with Crippen LogP contribution >= 0.6 is 0 Å². The summed E-state index contributed by atoms with van der Waals surface area (Å²) in [5.41, 5.74) is -0.263. The summed E-state index contributed by atoms with van der Waals surface area (Å²) in [4.78, 5) is 29.5. The Labute approximate surface area is 245 Å². The Kier molecular flexibility index (Phi) is 9.22. The van der Waals surface area contributed by atoms with Gasteiger partial charge in [-0.05, 0) is 78.9 Å². The minimum Gasteiger partial charge on any atom is -0.497 e. The molecule has 1 heterocycles. The Morgan fingerprint density at radius 3 is 2.05 bits per heavy atom. The van der Waals surface area contributed by atoms with Gasteiger partial charge in [-0.3, -0.25) is 9.59 Å². The summed E-state index contributed by atoms with van der Waals surface area (Å²) in [7, 11) is 1.54. The van der Waals surface area contributed by atoms with Crippen LogP contribution in [0.5, 0.6) is 5.75 Å². The van der Waals surface area contributed by atoms with Gasteiger partial charge < -0.3 is 14.5 Å². The monoisotopic (exact) mass is 604 g/mol. The molecule has 228 valence electrons. The number of piperazine rings is 1. The van der Waals surface area contributed by atoms with Crippen LogP contribution in [0.4, 0.5) is 26.3 Å². The summed E-state index contributed by atoms with van der Waals surface area (Å²) in [5.74, 6) is -0.653. The molecule has 1 saturated heterocycles. The first kappa shape index (κ1) is 31.7. The van der Waals surface area contributed by atoms with Gasteiger partial charge in [-0.1, -0.05) is 30.3 Å². The second kappa shape index (κ2) is 12.5. The van der Waals surface area contributed by atoms with E-state index in [1.54, 1.807) is 30.3 Å². The highest BCUT2D eigenvalue weighted by atomic mass is 19.4. The molecule has 2 amide bonds. The highest BCUT2D eigenvalue weighted by Gasteiger charge is 2.39. The van der Waals surface area contributed by atoms with Gasteiger partial charge in [-0.25, -0.2) is 0 Å². The molecule has 4 rings (SSSR count). The number of nitrogens with zero attached hydrogens (tertiary/aromatic N) is 2. The number of halogens is 6. The molecule has 3 aromatic rings. The first-order valence-electron chi connectivity index (χ1n) is 13.4. The molecule has 0 N–H and O–H groups in total. The molecule has 0 unspecified atom stereocenters. The summed E-state index contributed by atoms with van der Waals surface area (Å²) in [5, 5.41) is 0. The zero-order valence-corrected chi connectivity index (χ0v) is 23.7. The van der Waals surface area contributed by atoms with Crippen LogP contribution in [-0.4, -0.2) is 54.4 Å². The minimum atomic E-state index is -5.09. The molecule has 5 nitrogen and oxygen atoms in total. The van der Waals surface area contributed by atoms with Crippen molar-refractivity contribution < 1.29 is 40.7 Å². The second-order valence-electron chi connectivity index (χ2n) is 10.5. The fourth-order valence-electron chi connectivity index (χ4n) is 4.93. The zero-order valence-electron chi connectivity index (χ0n) is 23.7. The first-order chi connectivity index (χ1) is 20.2. The topological polar surface area (TPSA) is 49.9 Å². The van der Waals surface area contributed by atoms with Crippen LogP contribution in [-0.2, 0) is 23.6 Å². The SMILES string of the molecule is COc1ccc(C=CC(=O)N2CCN(C(=O)c3cc(C(F)(F)F)cc(C(F)(F)F)c3)[C@H](Cc3ccc(C)c(C)c3)C2)cc1. The smallest absolute Gasteiger partial charge is 0.416 e. The summed E-state index contributed by atoms with van der Waals surface area (Å²) in [6.07, 6.45) is -6.93. The maximum absolute atomic E-state index is 13.6. The van der Waals surface area contributed by atoms with Crippen LogP contribution in [0.1, 0.15) is 43.7 Å². The fraction of sp³-hybridized carbons (Fsp3) is 0.312. The van der Waals surface area contributed by atoms with E-state index in [-0.39, 0.29) is 38.0 Å². The van der Waals surface area contributed by atoms with Crippen molar-refractivity contribution in [2.45, 2.75) is 38.7 Å². The lowest BCUT2D eigenvalue weighted by molar-refractivity contribution is -0.143. The standard InChI is InChI=1S/C32H30F6N2O3/c1-20-4-5-23(14-21(20)2)15-27-19-39(29(41)11-8-22-6-9-28(43-3)10-7-22)12-13-40(27)30(42)24-16-25(31(33,34)35)18-26(17-24)32(36,37)38/h4-11,14,16-18,27H,12-13,15,19H2,1-3H3/t27-/m1/s1. The molecule has 1 fully saturated rings. The number of rotatable bonds is 6. The predicted octanol–water partition coefficient (Wildman–Crippen LogP) is 6.96. The lowest BCUT2D eigenvalue weighted by atomic mass is 9.97. The van der Waals surface area contributed by atoms with E-state index in [0.29, 0.717) is 17.9 Å². The molecule has 43 heavy (non-hydrogen) atoms. The number of hydrogen-bond acceptors (Lipinski definition) is 3. The molecule has 0 saturated carbocycles. The van der Waals surface area contributed by atoms with Crippen molar-refractivity contribution in [3.63, 3.8) is 0 Å². The molecular weight excluding hydrogens is 574 g/mol. The molecular formula is C32H30F6N2O3. The fourth-order valence-corrected chi connectivity index (χ4v) is 4.93. The van der Waals surface area contributed by atoms with E-state index in [1.165, 1.54) is 23.0 Å². The van der Waals surface area contributed by atoms with E-state index >= 15 is 0 Å². The number of alkyl halides is 6. The molecule has 1 aliphatic rings. The Bertz CT molecular complexity index is 1480. The summed E-state index contributed by atoms with van der Waals surface area (Å²) >= 11 is 0. The number of benzene rings is 3. The van der Waals surface area contributed by atoms with Crippen LogP contribution in [0, 0.1) is 13.8 Å². The number of methoxy groups -OCH3 is 1. The van der Waals surface area contributed by atoms with E-state index in [1.807, 2.05) is 32.0 Å². The number of ether oxygens (including phenoxy) is 1. The third-order valence-electron chi connectivity index (χ3n) is 7.47. The predicted molar refractivity (Wildman–Crippen MR) is 149 cm³/mol. The largest absolute Gasteiger partial charge is 0.497 e. The summed E-state index contributed by atoms with van der Waals surface area (Å²) < 4.78 is 86.1.